The van der Waals surface area contributed by atoms with Crippen molar-refractivity contribution in [3.63, 3.8) is 0 Å². The largest absolute Gasteiger partial charge is 0.469 e. The molecular weight excluding hydrogens is 245 g/mol. The maximum Gasteiger partial charge on any atom is 0.457 e. The van der Waals surface area contributed by atoms with Crippen molar-refractivity contribution in [2.45, 2.75) is 12.4 Å². The Labute approximate surface area is 112 Å². The molecule has 0 bridgehead atoms. The number of esters is 1. The zero-order chi connectivity index (χ0) is 13.8. The predicted molar refractivity (Wildman–Crippen MR) is 71.2 cm³/mol. The Morgan fingerprint density at radius 1 is 1.37 bits per heavy atom. The van der Waals surface area contributed by atoms with Crippen LogP contribution in [0.3, 0.4) is 0 Å². The molecule has 0 saturated carbocycles. The van der Waals surface area contributed by atoms with Crippen molar-refractivity contribution in [3.8, 4) is 0 Å². The number of methoxy groups -OCH3 is 1. The first-order chi connectivity index (χ1) is 9.11. The van der Waals surface area contributed by atoms with Gasteiger partial charge in [0, 0.05) is 25.5 Å². The number of rotatable bonds is 4. The van der Waals surface area contributed by atoms with Gasteiger partial charge in [-0.3, -0.25) is 9.69 Å². The van der Waals surface area contributed by atoms with Gasteiger partial charge in [0.05, 0.1) is 13.0 Å². The van der Waals surface area contributed by atoms with Crippen LogP contribution in [0.2, 0.25) is 5.82 Å². The van der Waals surface area contributed by atoms with Gasteiger partial charge in [-0.05, 0) is 5.56 Å². The van der Waals surface area contributed by atoms with E-state index in [0.29, 0.717) is 19.6 Å². The van der Waals surface area contributed by atoms with Gasteiger partial charge in [-0.2, -0.15) is 0 Å². The van der Waals surface area contributed by atoms with Gasteiger partial charge in [0.2, 0.25) is 0 Å². The van der Waals surface area contributed by atoms with Gasteiger partial charge in [-0.25, -0.2) is 0 Å². The molecule has 5 nitrogen and oxygen atoms in total. The first-order valence-corrected chi connectivity index (χ1v) is 6.32. The number of hydrogen-bond donors (Lipinski definition) is 2. The van der Waals surface area contributed by atoms with Gasteiger partial charge in [0.15, 0.2) is 0 Å². The Morgan fingerprint density at radius 3 is 2.63 bits per heavy atom. The minimum Gasteiger partial charge on any atom is -0.469 e. The summed E-state index contributed by atoms with van der Waals surface area (Å²) in [5, 5.41) is 18.7. The lowest BCUT2D eigenvalue weighted by Crippen LogP contribution is -2.31. The van der Waals surface area contributed by atoms with E-state index in [1.54, 1.807) is 0 Å². The summed E-state index contributed by atoms with van der Waals surface area (Å²) in [6, 6.07) is 9.89. The van der Waals surface area contributed by atoms with E-state index in [-0.39, 0.29) is 5.97 Å². The summed E-state index contributed by atoms with van der Waals surface area (Å²) in [4.78, 5) is 13.7. The number of nitrogens with zero attached hydrogens (tertiary/aromatic N) is 1. The maximum atomic E-state index is 11.7. The smallest absolute Gasteiger partial charge is 0.457 e. The third kappa shape index (κ3) is 3.35. The molecule has 6 heteroatoms. The summed E-state index contributed by atoms with van der Waals surface area (Å²) in [6.07, 6.45) is 0. The quantitative estimate of drug-likeness (QED) is 0.597. The fraction of sp³-hybridized carbons (Fsp3) is 0.462. The van der Waals surface area contributed by atoms with Gasteiger partial charge >= 0.3 is 13.1 Å². The standard InChI is InChI=1S/C13H18BNO4/c1-19-13(16)11-8-15(9-12(11)14(17)18)7-10-5-3-2-4-6-10/h2-6,11-12,17-18H,7-9H2,1H3/t11-,12-/m0/s1. The average molecular weight is 263 g/mol. The van der Waals surface area contributed by atoms with Crippen LogP contribution in [0.5, 0.6) is 0 Å². The van der Waals surface area contributed by atoms with Crippen LogP contribution in [-0.2, 0) is 16.1 Å². The lowest BCUT2D eigenvalue weighted by atomic mass is 9.67. The molecule has 0 amide bonds. The highest BCUT2D eigenvalue weighted by atomic mass is 16.5. The third-order valence-corrected chi connectivity index (χ3v) is 3.58. The molecule has 102 valence electrons. The first-order valence-electron chi connectivity index (χ1n) is 6.32. The van der Waals surface area contributed by atoms with Crippen molar-refractivity contribution in [1.82, 2.24) is 4.90 Å². The van der Waals surface area contributed by atoms with Crippen LogP contribution >= 0.6 is 0 Å². The number of carbonyl (C=O) groups excluding carboxylic acids is 1. The molecule has 2 rings (SSSR count). The van der Waals surface area contributed by atoms with Crippen LogP contribution in [0.1, 0.15) is 5.56 Å². The predicted octanol–water partition coefficient (Wildman–Crippen LogP) is 0.134. The second kappa shape index (κ2) is 6.19. The molecule has 19 heavy (non-hydrogen) atoms. The normalized spacial score (nSPS) is 23.3. The number of hydrogen-bond acceptors (Lipinski definition) is 5. The van der Waals surface area contributed by atoms with Crippen molar-refractivity contribution >= 4 is 13.1 Å². The fourth-order valence-electron chi connectivity index (χ4n) is 2.59. The molecular formula is C13H18BNO4. The van der Waals surface area contributed by atoms with Crippen LogP contribution in [-0.4, -0.2) is 48.2 Å². The van der Waals surface area contributed by atoms with E-state index in [0.717, 1.165) is 5.56 Å². The summed E-state index contributed by atoms with van der Waals surface area (Å²) in [5.74, 6) is -1.35. The first kappa shape index (κ1) is 14.1. The zero-order valence-electron chi connectivity index (χ0n) is 10.9. The lowest BCUT2D eigenvalue weighted by molar-refractivity contribution is -0.145. The number of benzene rings is 1. The van der Waals surface area contributed by atoms with Gasteiger partial charge in [0.25, 0.3) is 0 Å². The molecule has 0 spiro atoms. The lowest BCUT2D eigenvalue weighted by Gasteiger charge is -2.15. The van der Waals surface area contributed by atoms with Gasteiger partial charge in [-0.1, -0.05) is 30.3 Å². The molecule has 0 aliphatic carbocycles. The van der Waals surface area contributed by atoms with Crippen LogP contribution in [0.15, 0.2) is 30.3 Å². The molecule has 2 N–H and O–H groups in total. The van der Waals surface area contributed by atoms with Gasteiger partial charge in [0.1, 0.15) is 0 Å². The summed E-state index contributed by atoms with van der Waals surface area (Å²) in [7, 11) is -0.173. The Kier molecular flexibility index (Phi) is 4.58. The van der Waals surface area contributed by atoms with Crippen molar-refractivity contribution in [2.75, 3.05) is 20.2 Å². The molecule has 0 aromatic heterocycles. The molecule has 1 heterocycles. The average Bonchev–Trinajstić information content (AvgIpc) is 2.83. The van der Waals surface area contributed by atoms with Gasteiger partial charge in [-0.15, -0.1) is 0 Å². The van der Waals surface area contributed by atoms with E-state index in [2.05, 4.69) is 0 Å². The zero-order valence-corrected chi connectivity index (χ0v) is 10.9. The van der Waals surface area contributed by atoms with Crippen LogP contribution in [0, 0.1) is 5.92 Å². The molecule has 1 aliphatic heterocycles. The van der Waals surface area contributed by atoms with Crippen LogP contribution in [0.4, 0.5) is 0 Å². The monoisotopic (exact) mass is 263 g/mol. The Bertz CT molecular complexity index is 426. The fourth-order valence-corrected chi connectivity index (χ4v) is 2.59. The summed E-state index contributed by atoms with van der Waals surface area (Å²) < 4.78 is 4.73. The highest BCUT2D eigenvalue weighted by Crippen LogP contribution is 2.31. The highest BCUT2D eigenvalue weighted by molar-refractivity contribution is 6.44. The molecule has 1 fully saturated rings. The maximum absolute atomic E-state index is 11.7. The summed E-state index contributed by atoms with van der Waals surface area (Å²) in [5.41, 5.74) is 1.14. The van der Waals surface area contributed by atoms with Crippen molar-refractivity contribution in [3.05, 3.63) is 35.9 Å². The topological polar surface area (TPSA) is 70.0 Å². The Hall–Kier alpha value is -1.37. The molecule has 2 atom stereocenters. The molecule has 0 unspecified atom stereocenters. The van der Waals surface area contributed by atoms with E-state index < -0.39 is 18.9 Å². The Morgan fingerprint density at radius 2 is 2.05 bits per heavy atom. The van der Waals surface area contributed by atoms with Crippen molar-refractivity contribution in [2.24, 2.45) is 5.92 Å². The molecule has 1 aromatic rings. The summed E-state index contributed by atoms with van der Waals surface area (Å²) in [6.45, 7) is 1.66. The van der Waals surface area contributed by atoms with Crippen molar-refractivity contribution in [1.29, 1.82) is 0 Å². The minimum atomic E-state index is -1.50. The second-order valence-corrected chi connectivity index (χ2v) is 4.89. The second-order valence-electron chi connectivity index (χ2n) is 4.89. The summed E-state index contributed by atoms with van der Waals surface area (Å²) >= 11 is 0. The number of ether oxygens (including phenoxy) is 1. The van der Waals surface area contributed by atoms with E-state index in [9.17, 15) is 14.8 Å². The van der Waals surface area contributed by atoms with E-state index in [4.69, 9.17) is 4.74 Å². The molecule has 1 aromatic carbocycles. The highest BCUT2D eigenvalue weighted by Gasteiger charge is 2.44. The van der Waals surface area contributed by atoms with Crippen molar-refractivity contribution < 1.29 is 19.6 Å². The molecule has 1 aliphatic rings. The number of likely N-dealkylation sites (tertiary alicyclic amines) is 1. The van der Waals surface area contributed by atoms with E-state index in [1.807, 2.05) is 35.2 Å². The third-order valence-electron chi connectivity index (χ3n) is 3.58. The van der Waals surface area contributed by atoms with Crippen LogP contribution in [0.25, 0.3) is 0 Å². The molecule has 0 radical (unpaired) electrons. The SMILES string of the molecule is COC(=O)[C@H]1CN(Cc2ccccc2)C[C@@H]1B(O)O. The van der Waals surface area contributed by atoms with Gasteiger partial charge < -0.3 is 14.8 Å². The van der Waals surface area contributed by atoms with E-state index in [1.165, 1.54) is 7.11 Å². The molecule has 1 saturated heterocycles. The minimum absolute atomic E-state index is 0.381. The van der Waals surface area contributed by atoms with E-state index >= 15 is 0 Å². The Balaban J connectivity index is 2.03. The van der Waals surface area contributed by atoms with Crippen LogP contribution < -0.4 is 0 Å². The number of carbonyl (C=O) groups is 1.